The molecule has 8 nitrogen and oxygen atoms in total. The third-order valence-corrected chi connectivity index (χ3v) is 7.42. The lowest BCUT2D eigenvalue weighted by atomic mass is 9.98. The molecule has 0 radical (unpaired) electrons. The Bertz CT molecular complexity index is 1360. The summed E-state index contributed by atoms with van der Waals surface area (Å²) in [5.74, 6) is 1.59. The van der Waals surface area contributed by atoms with Gasteiger partial charge in [-0.05, 0) is 62.3 Å². The Kier molecular flexibility index (Phi) is 11.9. The number of carbonyl (C=O) groups excluding carboxylic acids is 3. The lowest BCUT2D eigenvalue weighted by Gasteiger charge is -2.20. The predicted molar refractivity (Wildman–Crippen MR) is 168 cm³/mol. The first kappa shape index (κ1) is 33.0. The lowest BCUT2D eigenvalue weighted by Crippen LogP contribution is -2.33. The number of carbonyl (C=O) groups is 3. The molecule has 1 atom stereocenters. The molecule has 1 heterocycles. The molecule has 1 aromatic heterocycles. The highest BCUT2D eigenvalue weighted by Crippen LogP contribution is 2.26. The number of hydrogen-bond donors (Lipinski definition) is 1. The van der Waals surface area contributed by atoms with Gasteiger partial charge in [0.2, 0.25) is 5.91 Å². The van der Waals surface area contributed by atoms with Crippen molar-refractivity contribution in [2.45, 2.75) is 86.4 Å². The summed E-state index contributed by atoms with van der Waals surface area (Å²) in [7, 11) is 0. The van der Waals surface area contributed by atoms with Gasteiger partial charge in [0.15, 0.2) is 10.9 Å². The number of ether oxygens (including phenoxy) is 1. The van der Waals surface area contributed by atoms with Crippen molar-refractivity contribution in [3.63, 3.8) is 0 Å². The second-order valence-corrected chi connectivity index (χ2v) is 13.1. The number of hydrogen-bond acceptors (Lipinski definition) is 7. The number of benzene rings is 2. The minimum absolute atomic E-state index is 0.0152. The number of thioether (sulfide) groups is 1. The highest BCUT2D eigenvalue weighted by molar-refractivity contribution is 8.13. The van der Waals surface area contributed by atoms with Crippen LogP contribution in [0.4, 0.5) is 0 Å². The molecule has 226 valence electrons. The molecule has 0 saturated heterocycles. The average molecular weight is 593 g/mol. The summed E-state index contributed by atoms with van der Waals surface area (Å²) in [5.41, 5.74) is 2.75. The van der Waals surface area contributed by atoms with Crippen LogP contribution in [-0.2, 0) is 33.8 Å². The van der Waals surface area contributed by atoms with Crippen molar-refractivity contribution >= 4 is 28.8 Å². The first-order valence-corrected chi connectivity index (χ1v) is 15.6. The van der Waals surface area contributed by atoms with Crippen LogP contribution >= 0.6 is 11.8 Å². The van der Waals surface area contributed by atoms with Crippen molar-refractivity contribution in [1.82, 2.24) is 20.1 Å². The molecule has 0 aliphatic rings. The molecule has 1 N–H and O–H groups in total. The van der Waals surface area contributed by atoms with Crippen molar-refractivity contribution in [3.8, 4) is 11.1 Å². The second-order valence-electron chi connectivity index (χ2n) is 11.9. The van der Waals surface area contributed by atoms with Crippen LogP contribution in [0.1, 0.15) is 88.9 Å². The van der Waals surface area contributed by atoms with Gasteiger partial charge >= 0.3 is 5.97 Å². The van der Waals surface area contributed by atoms with E-state index in [1.165, 1.54) is 18.7 Å². The van der Waals surface area contributed by atoms with E-state index in [1.54, 1.807) is 6.07 Å². The highest BCUT2D eigenvalue weighted by atomic mass is 32.2. The number of nitrogens with zero attached hydrogens (tertiary/aromatic N) is 3. The minimum Gasteiger partial charge on any atom is -0.456 e. The van der Waals surface area contributed by atoms with Crippen molar-refractivity contribution in [3.05, 3.63) is 71.3 Å². The van der Waals surface area contributed by atoms with Gasteiger partial charge in [-0.25, -0.2) is 14.5 Å². The molecule has 0 aliphatic heterocycles. The van der Waals surface area contributed by atoms with Crippen LogP contribution in [0.15, 0.2) is 48.5 Å². The van der Waals surface area contributed by atoms with Gasteiger partial charge in [0, 0.05) is 25.0 Å². The van der Waals surface area contributed by atoms with E-state index in [9.17, 15) is 14.4 Å². The fourth-order valence-corrected chi connectivity index (χ4v) is 5.32. The maximum atomic E-state index is 12.9. The van der Waals surface area contributed by atoms with E-state index < -0.39 is 5.60 Å². The molecule has 0 aliphatic carbocycles. The van der Waals surface area contributed by atoms with Gasteiger partial charge in [0.05, 0.1) is 18.7 Å². The predicted octanol–water partition coefficient (Wildman–Crippen LogP) is 6.46. The van der Waals surface area contributed by atoms with Crippen LogP contribution in [0.5, 0.6) is 0 Å². The monoisotopic (exact) mass is 592 g/mol. The molecule has 0 bridgehead atoms. The Hall–Kier alpha value is -3.46. The summed E-state index contributed by atoms with van der Waals surface area (Å²) in [6.45, 7) is 14.1. The van der Waals surface area contributed by atoms with Gasteiger partial charge in [0.1, 0.15) is 11.4 Å². The fourth-order valence-electron chi connectivity index (χ4n) is 4.59. The van der Waals surface area contributed by atoms with E-state index in [0.717, 1.165) is 35.4 Å². The molecule has 2 aromatic carbocycles. The number of nitrogens with one attached hydrogen (secondary N) is 1. The van der Waals surface area contributed by atoms with Gasteiger partial charge in [-0.2, -0.15) is 5.10 Å². The van der Waals surface area contributed by atoms with Crippen LogP contribution in [-0.4, -0.2) is 43.1 Å². The molecule has 3 aromatic rings. The number of esters is 1. The molecular weight excluding hydrogens is 548 g/mol. The molecule has 42 heavy (non-hydrogen) atoms. The van der Waals surface area contributed by atoms with Gasteiger partial charge in [-0.1, -0.05) is 75.0 Å². The SMILES string of the molecule is CCCc1nc(CNC(=O)C(CSC(C)=O)CC(C)C)nn1Cc1ccc(-c2ccccc2C(=O)OC(C)(C)C)cc1. The van der Waals surface area contributed by atoms with Gasteiger partial charge < -0.3 is 10.1 Å². The third kappa shape index (κ3) is 10.1. The Morgan fingerprint density at radius 3 is 2.36 bits per heavy atom. The maximum Gasteiger partial charge on any atom is 0.339 e. The first-order valence-electron chi connectivity index (χ1n) is 14.6. The molecule has 9 heteroatoms. The summed E-state index contributed by atoms with van der Waals surface area (Å²) in [4.78, 5) is 41.9. The summed E-state index contributed by atoms with van der Waals surface area (Å²) in [6.07, 6.45) is 2.41. The molecule has 0 fully saturated rings. The molecule has 0 spiro atoms. The molecule has 1 unspecified atom stereocenters. The number of aryl methyl sites for hydroxylation is 1. The zero-order valence-electron chi connectivity index (χ0n) is 25.9. The summed E-state index contributed by atoms with van der Waals surface area (Å²) in [6, 6.07) is 15.5. The van der Waals surface area contributed by atoms with Crippen molar-refractivity contribution in [2.75, 3.05) is 5.75 Å². The largest absolute Gasteiger partial charge is 0.456 e. The number of aromatic nitrogens is 3. The van der Waals surface area contributed by atoms with E-state index in [-0.39, 0.29) is 29.5 Å². The molecule has 1 amide bonds. The van der Waals surface area contributed by atoms with E-state index in [2.05, 4.69) is 26.1 Å². The number of rotatable bonds is 13. The zero-order valence-corrected chi connectivity index (χ0v) is 26.7. The normalized spacial score (nSPS) is 12.3. The molecular formula is C33H44N4O4S. The van der Waals surface area contributed by atoms with E-state index in [4.69, 9.17) is 14.8 Å². The first-order chi connectivity index (χ1) is 19.9. The van der Waals surface area contributed by atoms with E-state index in [1.807, 2.05) is 67.9 Å². The minimum atomic E-state index is -0.575. The van der Waals surface area contributed by atoms with Crippen molar-refractivity contribution in [1.29, 1.82) is 0 Å². The van der Waals surface area contributed by atoms with Crippen LogP contribution in [0.25, 0.3) is 11.1 Å². The topological polar surface area (TPSA) is 103 Å². The standard InChI is InChI=1S/C33H44N4O4S/c1-8-11-30-35-29(19-34-31(39)26(18-22(2)3)21-42-23(4)38)36-37(30)20-24-14-16-25(17-15-24)27-12-9-10-13-28(27)32(40)41-33(5,6)7/h9-10,12-17,22,26H,8,11,18-21H2,1-7H3,(H,34,39). The maximum absolute atomic E-state index is 12.9. The van der Waals surface area contributed by atoms with Crippen LogP contribution in [0, 0.1) is 11.8 Å². The van der Waals surface area contributed by atoms with Gasteiger partial charge in [-0.15, -0.1) is 0 Å². The molecule has 3 rings (SSSR count). The summed E-state index contributed by atoms with van der Waals surface area (Å²) >= 11 is 1.19. The third-order valence-electron chi connectivity index (χ3n) is 6.44. The van der Waals surface area contributed by atoms with Crippen LogP contribution < -0.4 is 5.32 Å². The van der Waals surface area contributed by atoms with Gasteiger partial charge in [0.25, 0.3) is 0 Å². The van der Waals surface area contributed by atoms with E-state index in [0.29, 0.717) is 36.0 Å². The van der Waals surface area contributed by atoms with Crippen LogP contribution in [0.3, 0.4) is 0 Å². The van der Waals surface area contributed by atoms with Crippen molar-refractivity contribution in [2.24, 2.45) is 11.8 Å². The highest BCUT2D eigenvalue weighted by Gasteiger charge is 2.22. The number of amides is 1. The quantitative estimate of drug-likeness (QED) is 0.227. The second kappa shape index (κ2) is 15.1. The lowest BCUT2D eigenvalue weighted by molar-refractivity contribution is -0.125. The zero-order chi connectivity index (χ0) is 30.9. The van der Waals surface area contributed by atoms with E-state index >= 15 is 0 Å². The van der Waals surface area contributed by atoms with Crippen LogP contribution in [0.2, 0.25) is 0 Å². The average Bonchev–Trinajstić information content (AvgIpc) is 3.30. The summed E-state index contributed by atoms with van der Waals surface area (Å²) < 4.78 is 7.51. The van der Waals surface area contributed by atoms with Crippen molar-refractivity contribution < 1.29 is 19.1 Å². The van der Waals surface area contributed by atoms with Gasteiger partial charge in [-0.3, -0.25) is 9.59 Å². The Morgan fingerprint density at radius 1 is 1.05 bits per heavy atom. The Morgan fingerprint density at radius 2 is 1.74 bits per heavy atom. The Balaban J connectivity index is 1.73. The smallest absolute Gasteiger partial charge is 0.339 e. The summed E-state index contributed by atoms with van der Waals surface area (Å²) in [5, 5.41) is 7.72. The molecule has 0 saturated carbocycles. The fraction of sp³-hybridized carbons (Fsp3) is 0.485. The Labute approximate surface area is 254 Å².